The molecule has 0 radical (unpaired) electrons. The molecule has 0 aliphatic heterocycles. The smallest absolute Gasteiger partial charge is 0.449 e. The Morgan fingerprint density at radius 2 is 1.42 bits per heavy atom. The van der Waals surface area contributed by atoms with Crippen molar-refractivity contribution in [3.63, 3.8) is 0 Å². The number of unbranched alkanes of at least 4 members (excludes halogenated alkanes) is 1. The Hall–Kier alpha value is -2.24. The Morgan fingerprint density at radius 1 is 0.917 bits per heavy atom. The number of ether oxygens (including phenoxy) is 2. The SMILES string of the molecule is CC(C)c1cc(OC(=O)O)c(OC(=O)O)c(C(C)C)c1.CCCC. The predicted octanol–water partition coefficient (Wildman–Crippen LogP) is 5.85. The fourth-order valence-corrected chi connectivity index (χ4v) is 1.77. The van der Waals surface area contributed by atoms with Gasteiger partial charge in [-0.2, -0.15) is 0 Å². The van der Waals surface area contributed by atoms with Crippen molar-refractivity contribution in [1.29, 1.82) is 0 Å². The molecule has 0 unspecified atom stereocenters. The zero-order valence-electron chi connectivity index (χ0n) is 15.3. The number of carbonyl (C=O) groups is 2. The number of carboxylic acid groups (broad SMARTS) is 2. The molecule has 2 N–H and O–H groups in total. The van der Waals surface area contributed by atoms with E-state index in [1.54, 1.807) is 0 Å². The van der Waals surface area contributed by atoms with E-state index in [2.05, 4.69) is 18.6 Å². The number of hydrogen-bond donors (Lipinski definition) is 2. The van der Waals surface area contributed by atoms with Crippen LogP contribution in [0.15, 0.2) is 12.1 Å². The van der Waals surface area contributed by atoms with Crippen molar-refractivity contribution in [2.75, 3.05) is 0 Å². The third kappa shape index (κ3) is 7.35. The van der Waals surface area contributed by atoms with Crippen molar-refractivity contribution >= 4 is 12.3 Å². The molecular formula is C18H28O6. The minimum absolute atomic E-state index is 0.0424. The quantitative estimate of drug-likeness (QED) is 0.515. The summed E-state index contributed by atoms with van der Waals surface area (Å²) in [4.78, 5) is 21.5. The summed E-state index contributed by atoms with van der Waals surface area (Å²) >= 11 is 0. The maximum atomic E-state index is 10.8. The van der Waals surface area contributed by atoms with Crippen molar-refractivity contribution in [2.45, 2.75) is 66.2 Å². The molecule has 1 aromatic rings. The summed E-state index contributed by atoms with van der Waals surface area (Å²) in [6.07, 6.45) is -0.393. The maximum Gasteiger partial charge on any atom is 0.511 e. The predicted molar refractivity (Wildman–Crippen MR) is 92.5 cm³/mol. The van der Waals surface area contributed by atoms with Crippen LogP contribution in [-0.2, 0) is 0 Å². The molecule has 0 aliphatic carbocycles. The van der Waals surface area contributed by atoms with Crippen LogP contribution in [0.25, 0.3) is 0 Å². The van der Waals surface area contributed by atoms with Gasteiger partial charge >= 0.3 is 12.3 Å². The molecule has 1 rings (SSSR count). The van der Waals surface area contributed by atoms with Crippen molar-refractivity contribution in [2.24, 2.45) is 0 Å². The topological polar surface area (TPSA) is 93.1 Å². The summed E-state index contributed by atoms with van der Waals surface area (Å²) in [5, 5.41) is 17.5. The van der Waals surface area contributed by atoms with E-state index < -0.39 is 12.3 Å². The number of benzene rings is 1. The summed E-state index contributed by atoms with van der Waals surface area (Å²) < 4.78 is 9.36. The Balaban J connectivity index is 0.00000118. The highest BCUT2D eigenvalue weighted by atomic mass is 16.7. The zero-order valence-corrected chi connectivity index (χ0v) is 15.3. The summed E-state index contributed by atoms with van der Waals surface area (Å²) in [5.41, 5.74) is 1.44. The molecule has 0 atom stereocenters. The molecule has 0 bridgehead atoms. The molecule has 0 spiro atoms. The molecule has 24 heavy (non-hydrogen) atoms. The van der Waals surface area contributed by atoms with Crippen LogP contribution in [0, 0.1) is 0 Å². The highest BCUT2D eigenvalue weighted by molar-refractivity contribution is 5.69. The van der Waals surface area contributed by atoms with Crippen molar-refractivity contribution in [3.8, 4) is 11.5 Å². The third-order valence-corrected chi connectivity index (χ3v) is 3.28. The second-order valence-corrected chi connectivity index (χ2v) is 5.98. The lowest BCUT2D eigenvalue weighted by Gasteiger charge is -2.18. The minimum Gasteiger partial charge on any atom is -0.449 e. The molecule has 0 fully saturated rings. The van der Waals surface area contributed by atoms with Crippen molar-refractivity contribution < 1.29 is 29.3 Å². The van der Waals surface area contributed by atoms with Crippen molar-refractivity contribution in [3.05, 3.63) is 23.3 Å². The van der Waals surface area contributed by atoms with Gasteiger partial charge in [-0.1, -0.05) is 60.5 Å². The lowest BCUT2D eigenvalue weighted by molar-refractivity contribution is 0.132. The molecule has 0 aliphatic rings. The lowest BCUT2D eigenvalue weighted by atomic mass is 9.94. The average molecular weight is 340 g/mol. The standard InChI is InChI=1S/C14H18O6.C4H10/c1-7(2)9-5-10(8(3)4)12(20-14(17)18)11(6-9)19-13(15)16;1-3-4-2/h5-8H,1-4H3,(H,15,16)(H,17,18);3-4H2,1-2H3. The van der Waals surface area contributed by atoms with Crippen LogP contribution in [0.4, 0.5) is 9.59 Å². The summed E-state index contributed by atoms with van der Waals surface area (Å²) in [6, 6.07) is 3.30. The highest BCUT2D eigenvalue weighted by Gasteiger charge is 2.21. The van der Waals surface area contributed by atoms with Gasteiger partial charge in [-0.05, 0) is 23.5 Å². The molecule has 0 heterocycles. The molecule has 136 valence electrons. The van der Waals surface area contributed by atoms with E-state index >= 15 is 0 Å². The third-order valence-electron chi connectivity index (χ3n) is 3.28. The molecule has 0 saturated heterocycles. The van der Waals surface area contributed by atoms with Crippen LogP contribution < -0.4 is 9.47 Å². The largest absolute Gasteiger partial charge is 0.511 e. The maximum absolute atomic E-state index is 10.8. The first kappa shape index (κ1) is 21.8. The van der Waals surface area contributed by atoms with Crippen LogP contribution in [0.5, 0.6) is 11.5 Å². The Labute approximate surface area is 143 Å². The molecule has 1 aromatic carbocycles. The fourth-order valence-electron chi connectivity index (χ4n) is 1.77. The monoisotopic (exact) mass is 340 g/mol. The number of hydrogen-bond acceptors (Lipinski definition) is 4. The first-order chi connectivity index (χ1) is 11.1. The summed E-state index contributed by atoms with van der Waals surface area (Å²) in [6.45, 7) is 12.0. The fraction of sp³-hybridized carbons (Fsp3) is 0.556. The molecule has 6 heteroatoms. The Kier molecular flexibility index (Phi) is 9.54. The molecule has 0 amide bonds. The van der Waals surface area contributed by atoms with Crippen LogP contribution >= 0.6 is 0 Å². The zero-order chi connectivity index (χ0) is 18.9. The van der Waals surface area contributed by atoms with Gasteiger partial charge in [0.15, 0.2) is 11.5 Å². The summed E-state index contributed by atoms with van der Waals surface area (Å²) in [5.74, 6) is -0.0733. The van der Waals surface area contributed by atoms with E-state index in [1.807, 2.05) is 33.8 Å². The first-order valence-corrected chi connectivity index (χ1v) is 8.13. The Morgan fingerprint density at radius 3 is 1.75 bits per heavy atom. The van der Waals surface area contributed by atoms with Crippen LogP contribution in [0.3, 0.4) is 0 Å². The van der Waals surface area contributed by atoms with Gasteiger partial charge in [0.05, 0.1) is 0 Å². The Bertz CT molecular complexity index is 547. The van der Waals surface area contributed by atoms with Crippen LogP contribution in [0.2, 0.25) is 0 Å². The van der Waals surface area contributed by atoms with Gasteiger partial charge in [0.25, 0.3) is 0 Å². The second-order valence-electron chi connectivity index (χ2n) is 5.98. The normalized spacial score (nSPS) is 10.2. The van der Waals surface area contributed by atoms with Gasteiger partial charge in [0.1, 0.15) is 0 Å². The van der Waals surface area contributed by atoms with Gasteiger partial charge in [-0.25, -0.2) is 9.59 Å². The first-order valence-electron chi connectivity index (χ1n) is 8.13. The van der Waals surface area contributed by atoms with Gasteiger partial charge in [-0.3, -0.25) is 0 Å². The van der Waals surface area contributed by atoms with Gasteiger partial charge in [-0.15, -0.1) is 0 Å². The van der Waals surface area contributed by atoms with E-state index in [0.717, 1.165) is 5.56 Å². The molecule has 6 nitrogen and oxygen atoms in total. The van der Waals surface area contributed by atoms with E-state index in [9.17, 15) is 9.59 Å². The van der Waals surface area contributed by atoms with Crippen LogP contribution in [-0.4, -0.2) is 22.5 Å². The second kappa shape index (κ2) is 10.5. The van der Waals surface area contributed by atoms with Crippen molar-refractivity contribution in [1.82, 2.24) is 0 Å². The molecular weight excluding hydrogens is 312 g/mol. The van der Waals surface area contributed by atoms with Crippen LogP contribution in [0.1, 0.15) is 77.3 Å². The van der Waals surface area contributed by atoms with Gasteiger partial charge in [0, 0.05) is 5.56 Å². The van der Waals surface area contributed by atoms with E-state index in [4.69, 9.17) is 14.9 Å². The highest BCUT2D eigenvalue weighted by Crippen LogP contribution is 2.39. The molecule has 0 saturated carbocycles. The minimum atomic E-state index is -1.52. The van der Waals surface area contributed by atoms with Gasteiger partial charge in [0.2, 0.25) is 0 Å². The summed E-state index contributed by atoms with van der Waals surface area (Å²) in [7, 11) is 0. The molecule has 0 aromatic heterocycles. The van der Waals surface area contributed by atoms with Gasteiger partial charge < -0.3 is 19.7 Å². The number of rotatable bonds is 5. The van der Waals surface area contributed by atoms with E-state index in [1.165, 1.54) is 18.9 Å². The van der Waals surface area contributed by atoms with E-state index in [-0.39, 0.29) is 23.3 Å². The van der Waals surface area contributed by atoms with E-state index in [0.29, 0.717) is 5.56 Å². The average Bonchev–Trinajstić information content (AvgIpc) is 2.47. The lowest BCUT2D eigenvalue weighted by Crippen LogP contribution is -2.11.